The minimum Gasteiger partial charge on any atom is -0.444 e. The summed E-state index contributed by atoms with van der Waals surface area (Å²) in [5.74, 6) is -0.595. The molecule has 4 amide bonds. The number of carbonyl (C=O) groups excluding carboxylic acids is 3. The molecule has 50 heavy (non-hydrogen) atoms. The van der Waals surface area contributed by atoms with E-state index in [-0.39, 0.29) is 31.4 Å². The van der Waals surface area contributed by atoms with Crippen LogP contribution in [0.2, 0.25) is 0 Å². The summed E-state index contributed by atoms with van der Waals surface area (Å²) < 4.78 is 9.45. The van der Waals surface area contributed by atoms with Crippen molar-refractivity contribution in [1.29, 1.82) is 0 Å². The van der Waals surface area contributed by atoms with Gasteiger partial charge in [-0.1, -0.05) is 80.6 Å². The van der Waals surface area contributed by atoms with Gasteiger partial charge in [0, 0.05) is 31.1 Å². The van der Waals surface area contributed by atoms with E-state index in [1.54, 1.807) is 25.4 Å². The standard InChI is InChI=1S/C37H46N6O5S2/c1-5-12-33-39-29(24-49-33)22-43(4)36(46)42-34(25(2)3)35(45)40-28(19-26-13-8-6-9-14-26)21-32(44)31(20-27-15-10-7-11-16-27)41-37(47)48-23-30-17-18-38-50-30/h5-11,13-18,24-25,28,31-32,34,44H,1,12,19-23H2,2-4H3,(H,40,45)(H,41,47)(H,42,46)/t28-,31-,32-,34-/m0/s1. The predicted octanol–water partition coefficient (Wildman–Crippen LogP) is 5.51. The number of carbonyl (C=O) groups is 3. The van der Waals surface area contributed by atoms with Crippen LogP contribution in [0.1, 0.15) is 47.0 Å². The number of allylic oxidation sites excluding steroid dienone is 1. The fourth-order valence-electron chi connectivity index (χ4n) is 5.37. The highest BCUT2D eigenvalue weighted by atomic mass is 32.1. The third kappa shape index (κ3) is 12.4. The zero-order valence-electron chi connectivity index (χ0n) is 28.7. The average Bonchev–Trinajstić information content (AvgIpc) is 3.79. The zero-order chi connectivity index (χ0) is 35.9. The minimum atomic E-state index is -1.05. The largest absolute Gasteiger partial charge is 0.444 e. The molecule has 266 valence electrons. The van der Waals surface area contributed by atoms with Crippen molar-refractivity contribution in [2.45, 2.75) is 76.9 Å². The van der Waals surface area contributed by atoms with Gasteiger partial charge in [0.25, 0.3) is 0 Å². The lowest BCUT2D eigenvalue weighted by Crippen LogP contribution is -2.55. The lowest BCUT2D eigenvalue weighted by molar-refractivity contribution is -0.124. The summed E-state index contributed by atoms with van der Waals surface area (Å²) in [6.45, 7) is 7.83. The molecule has 0 aliphatic heterocycles. The first kappa shape index (κ1) is 38.2. The highest BCUT2D eigenvalue weighted by Crippen LogP contribution is 2.17. The van der Waals surface area contributed by atoms with Gasteiger partial charge in [-0.3, -0.25) is 4.79 Å². The van der Waals surface area contributed by atoms with Crippen LogP contribution in [-0.2, 0) is 41.9 Å². The Balaban J connectivity index is 1.46. The number of hydrogen-bond acceptors (Lipinski definition) is 9. The molecule has 4 atom stereocenters. The number of hydrogen-bond donors (Lipinski definition) is 4. The molecule has 4 aromatic rings. The van der Waals surface area contributed by atoms with Gasteiger partial charge in [-0.15, -0.1) is 17.9 Å². The molecule has 4 rings (SSSR count). The van der Waals surface area contributed by atoms with Crippen molar-refractivity contribution in [2.24, 2.45) is 5.92 Å². The molecule has 0 saturated carbocycles. The van der Waals surface area contributed by atoms with Crippen LogP contribution >= 0.6 is 22.9 Å². The molecule has 0 radical (unpaired) electrons. The fraction of sp³-hybridized carbons (Fsp3) is 0.378. The smallest absolute Gasteiger partial charge is 0.407 e. The minimum absolute atomic E-state index is 0.0644. The van der Waals surface area contributed by atoms with Crippen LogP contribution in [0.15, 0.2) is 91.0 Å². The highest BCUT2D eigenvalue weighted by Gasteiger charge is 2.31. The van der Waals surface area contributed by atoms with Crippen molar-refractivity contribution in [1.82, 2.24) is 30.2 Å². The van der Waals surface area contributed by atoms with Crippen LogP contribution in [0, 0.1) is 5.92 Å². The number of aliphatic hydroxyl groups excluding tert-OH is 1. The van der Waals surface area contributed by atoms with Gasteiger partial charge in [0.1, 0.15) is 12.6 Å². The van der Waals surface area contributed by atoms with Gasteiger partial charge in [0.2, 0.25) is 5.91 Å². The Hall–Kier alpha value is -4.59. The van der Waals surface area contributed by atoms with Crippen molar-refractivity contribution in [2.75, 3.05) is 7.05 Å². The topological polar surface area (TPSA) is 146 Å². The highest BCUT2D eigenvalue weighted by molar-refractivity contribution is 7.09. The van der Waals surface area contributed by atoms with E-state index in [4.69, 9.17) is 4.74 Å². The molecule has 0 spiro atoms. The van der Waals surface area contributed by atoms with Crippen molar-refractivity contribution in [3.8, 4) is 0 Å². The Morgan fingerprint density at radius 3 is 2.28 bits per heavy atom. The molecular weight excluding hydrogens is 673 g/mol. The maximum absolute atomic E-state index is 13.9. The van der Waals surface area contributed by atoms with Gasteiger partial charge in [-0.2, -0.15) is 0 Å². The second-order valence-corrected chi connectivity index (χ2v) is 14.3. The zero-order valence-corrected chi connectivity index (χ0v) is 30.3. The molecule has 2 aromatic carbocycles. The number of nitrogens with one attached hydrogen (secondary N) is 3. The molecule has 0 unspecified atom stereocenters. The monoisotopic (exact) mass is 718 g/mol. The average molecular weight is 719 g/mol. The summed E-state index contributed by atoms with van der Waals surface area (Å²) in [6.07, 6.45) is 3.26. The third-order valence-corrected chi connectivity index (χ3v) is 9.63. The van der Waals surface area contributed by atoms with Gasteiger partial charge < -0.3 is 30.7 Å². The number of aliphatic hydroxyl groups is 1. The van der Waals surface area contributed by atoms with E-state index in [0.717, 1.165) is 26.7 Å². The predicted molar refractivity (Wildman–Crippen MR) is 197 cm³/mol. The number of benzene rings is 2. The van der Waals surface area contributed by atoms with Crippen LogP contribution in [-0.4, -0.2) is 68.7 Å². The van der Waals surface area contributed by atoms with Crippen molar-refractivity contribution in [3.05, 3.63) is 118 Å². The maximum atomic E-state index is 13.9. The fourth-order valence-corrected chi connectivity index (χ4v) is 6.64. The summed E-state index contributed by atoms with van der Waals surface area (Å²) in [5, 5.41) is 23.3. The van der Waals surface area contributed by atoms with Crippen molar-refractivity contribution < 1.29 is 24.2 Å². The molecule has 0 aliphatic carbocycles. The Bertz CT molecular complexity index is 1630. The van der Waals surface area contributed by atoms with E-state index in [2.05, 4.69) is 31.9 Å². The van der Waals surface area contributed by atoms with Crippen LogP contribution in [0.3, 0.4) is 0 Å². The summed E-state index contributed by atoms with van der Waals surface area (Å²) in [7, 11) is 1.66. The number of amides is 4. The van der Waals surface area contributed by atoms with Crippen molar-refractivity contribution >= 4 is 40.9 Å². The maximum Gasteiger partial charge on any atom is 0.407 e. The van der Waals surface area contributed by atoms with E-state index in [1.165, 1.54) is 27.8 Å². The van der Waals surface area contributed by atoms with E-state index >= 15 is 0 Å². The lowest BCUT2D eigenvalue weighted by atomic mass is 9.93. The van der Waals surface area contributed by atoms with Gasteiger partial charge >= 0.3 is 12.1 Å². The van der Waals surface area contributed by atoms with Crippen molar-refractivity contribution in [3.63, 3.8) is 0 Å². The molecule has 11 nitrogen and oxygen atoms in total. The Labute approximate surface area is 302 Å². The van der Waals surface area contributed by atoms with Crippen LogP contribution in [0.25, 0.3) is 0 Å². The molecular formula is C37H46N6O5S2. The molecule has 0 fully saturated rings. The van der Waals surface area contributed by atoms with Crippen LogP contribution in [0.4, 0.5) is 9.59 Å². The van der Waals surface area contributed by atoms with Gasteiger partial charge in [0.05, 0.1) is 34.3 Å². The number of aromatic nitrogens is 2. The number of ether oxygens (including phenoxy) is 1. The van der Waals surface area contributed by atoms with Gasteiger partial charge in [0.15, 0.2) is 0 Å². The van der Waals surface area contributed by atoms with Crippen LogP contribution < -0.4 is 16.0 Å². The summed E-state index contributed by atoms with van der Waals surface area (Å²) >= 11 is 2.75. The first-order valence-corrected chi connectivity index (χ1v) is 18.2. The van der Waals surface area contributed by atoms with E-state index in [9.17, 15) is 19.5 Å². The van der Waals surface area contributed by atoms with Crippen LogP contribution in [0.5, 0.6) is 0 Å². The second-order valence-electron chi connectivity index (χ2n) is 12.4. The number of rotatable bonds is 18. The third-order valence-electron chi connectivity index (χ3n) is 7.99. The number of urea groups is 1. The second kappa shape index (κ2) is 19.6. The Morgan fingerprint density at radius 2 is 1.66 bits per heavy atom. The number of thiazole rings is 1. The first-order valence-electron chi connectivity index (χ1n) is 16.6. The van der Waals surface area contributed by atoms with E-state index in [1.807, 2.05) is 79.9 Å². The van der Waals surface area contributed by atoms with E-state index < -0.39 is 36.4 Å². The van der Waals surface area contributed by atoms with Gasteiger partial charge in [-0.05, 0) is 53.9 Å². The summed E-state index contributed by atoms with van der Waals surface area (Å²) in [6, 6.07) is 18.5. The van der Waals surface area contributed by atoms with E-state index in [0.29, 0.717) is 19.3 Å². The molecule has 0 bridgehead atoms. The Morgan fingerprint density at radius 1 is 0.980 bits per heavy atom. The number of alkyl carbamates (subject to hydrolysis) is 1. The Kier molecular flexibility index (Phi) is 15.0. The molecule has 4 N–H and O–H groups in total. The number of nitrogens with zero attached hydrogens (tertiary/aromatic N) is 3. The molecule has 2 heterocycles. The molecule has 0 saturated heterocycles. The van der Waals surface area contributed by atoms with Gasteiger partial charge in [-0.25, -0.2) is 18.9 Å². The lowest BCUT2D eigenvalue weighted by Gasteiger charge is -2.30. The molecule has 2 aromatic heterocycles. The summed E-state index contributed by atoms with van der Waals surface area (Å²) in [5.41, 5.74) is 2.65. The molecule has 0 aliphatic rings. The quantitative estimate of drug-likeness (QED) is 0.0994. The molecule has 13 heteroatoms. The normalized spacial score (nSPS) is 13.5. The SMILES string of the molecule is C=CCc1nc(CN(C)C(=O)N[C@H](C(=O)N[C@@H](Cc2ccccc2)C[C@H](O)[C@H](Cc2ccccc2)NC(=O)OCc2ccns2)C(C)C)cs1. The summed E-state index contributed by atoms with van der Waals surface area (Å²) in [4.78, 5) is 46.8. The first-order chi connectivity index (χ1) is 24.1.